The van der Waals surface area contributed by atoms with Gasteiger partial charge in [-0.15, -0.1) is 0 Å². The molecular formula is C22H24BrN3O2S. The summed E-state index contributed by atoms with van der Waals surface area (Å²) in [5.74, 6) is -0.0286. The first-order valence-electron chi connectivity index (χ1n) is 9.77. The van der Waals surface area contributed by atoms with Gasteiger partial charge in [-0.1, -0.05) is 29.5 Å². The van der Waals surface area contributed by atoms with Crippen LogP contribution in [-0.4, -0.2) is 55.2 Å². The smallest absolute Gasteiger partial charge is 0.261 e. The summed E-state index contributed by atoms with van der Waals surface area (Å²) < 4.78 is 7.39. The Labute approximate surface area is 183 Å². The van der Waals surface area contributed by atoms with E-state index in [9.17, 15) is 4.79 Å². The Balaban J connectivity index is 1.68. The molecule has 1 saturated heterocycles. The number of amides is 1. The van der Waals surface area contributed by atoms with E-state index >= 15 is 0 Å². The van der Waals surface area contributed by atoms with E-state index in [0.717, 1.165) is 52.7 Å². The van der Waals surface area contributed by atoms with Gasteiger partial charge in [-0.2, -0.15) is 0 Å². The van der Waals surface area contributed by atoms with Crippen LogP contribution in [0.2, 0.25) is 0 Å². The Morgan fingerprint density at radius 3 is 2.76 bits per heavy atom. The van der Waals surface area contributed by atoms with Gasteiger partial charge in [-0.05, 0) is 59.1 Å². The molecule has 2 aromatic carbocycles. The second-order valence-electron chi connectivity index (χ2n) is 7.32. The minimum absolute atomic E-state index is 0.0286. The molecular weight excluding hydrogens is 450 g/mol. The van der Waals surface area contributed by atoms with E-state index < -0.39 is 0 Å². The Kier molecular flexibility index (Phi) is 6.29. The van der Waals surface area contributed by atoms with Crippen molar-refractivity contribution in [1.82, 2.24) is 9.88 Å². The summed E-state index contributed by atoms with van der Waals surface area (Å²) in [5, 5.41) is 0.753. The number of nitrogens with zero attached hydrogens (tertiary/aromatic N) is 3. The fourth-order valence-corrected chi connectivity index (χ4v) is 5.11. The summed E-state index contributed by atoms with van der Waals surface area (Å²) in [4.78, 5) is 22.5. The molecule has 0 N–H and O–H groups in total. The zero-order chi connectivity index (χ0) is 20.4. The van der Waals surface area contributed by atoms with Gasteiger partial charge in [0.2, 0.25) is 0 Å². The first-order chi connectivity index (χ1) is 14.0. The molecule has 2 heterocycles. The highest BCUT2D eigenvalue weighted by Crippen LogP contribution is 2.33. The van der Waals surface area contributed by atoms with Crippen LogP contribution in [0.25, 0.3) is 10.2 Å². The lowest BCUT2D eigenvalue weighted by Gasteiger charge is -2.29. The molecule has 1 aromatic heterocycles. The Morgan fingerprint density at radius 1 is 1.24 bits per heavy atom. The highest BCUT2D eigenvalue weighted by molar-refractivity contribution is 9.10. The van der Waals surface area contributed by atoms with Crippen molar-refractivity contribution in [1.29, 1.82) is 0 Å². The largest absolute Gasteiger partial charge is 0.379 e. The summed E-state index contributed by atoms with van der Waals surface area (Å²) in [6.45, 7) is 8.87. The first-order valence-corrected chi connectivity index (χ1v) is 11.4. The highest BCUT2D eigenvalue weighted by Gasteiger charge is 2.24. The predicted molar refractivity (Wildman–Crippen MR) is 122 cm³/mol. The van der Waals surface area contributed by atoms with Crippen LogP contribution in [0, 0.1) is 13.8 Å². The van der Waals surface area contributed by atoms with Gasteiger partial charge in [-0.25, -0.2) is 4.98 Å². The number of carbonyl (C=O) groups is 1. The summed E-state index contributed by atoms with van der Waals surface area (Å²) in [7, 11) is 0. The Hall–Kier alpha value is -1.80. The quantitative estimate of drug-likeness (QED) is 0.540. The number of morpholine rings is 1. The summed E-state index contributed by atoms with van der Waals surface area (Å²) in [6, 6.07) is 11.8. The van der Waals surface area contributed by atoms with Crippen LogP contribution in [0.4, 0.5) is 5.13 Å². The number of hydrogen-bond acceptors (Lipinski definition) is 5. The normalized spacial score (nSPS) is 15.0. The third-order valence-electron chi connectivity index (χ3n) is 5.13. The van der Waals surface area contributed by atoms with Gasteiger partial charge in [0, 0.05) is 30.7 Å². The monoisotopic (exact) mass is 473 g/mol. The molecule has 0 radical (unpaired) electrons. The molecule has 152 valence electrons. The van der Waals surface area contributed by atoms with Crippen molar-refractivity contribution in [3.63, 3.8) is 0 Å². The molecule has 0 aliphatic carbocycles. The molecule has 0 saturated carbocycles. The molecule has 4 rings (SSSR count). The van der Waals surface area contributed by atoms with Gasteiger partial charge in [-0.3, -0.25) is 14.6 Å². The van der Waals surface area contributed by atoms with E-state index in [1.54, 1.807) is 11.3 Å². The van der Waals surface area contributed by atoms with Gasteiger partial charge in [0.15, 0.2) is 5.13 Å². The van der Waals surface area contributed by atoms with E-state index in [1.165, 1.54) is 11.1 Å². The number of halogens is 1. The second-order valence-corrected chi connectivity index (χ2v) is 9.15. The average molecular weight is 474 g/mol. The maximum Gasteiger partial charge on any atom is 0.261 e. The molecule has 1 aliphatic heterocycles. The molecule has 1 fully saturated rings. The molecule has 29 heavy (non-hydrogen) atoms. The number of anilines is 1. The van der Waals surface area contributed by atoms with Crippen molar-refractivity contribution in [3.05, 3.63) is 57.6 Å². The summed E-state index contributed by atoms with van der Waals surface area (Å²) in [5.41, 5.74) is 3.99. The van der Waals surface area contributed by atoms with Crippen molar-refractivity contribution in [2.75, 3.05) is 44.3 Å². The molecule has 5 nitrogen and oxygen atoms in total. The number of rotatable bonds is 5. The maximum absolute atomic E-state index is 13.5. The van der Waals surface area contributed by atoms with Gasteiger partial charge in [0.25, 0.3) is 5.91 Å². The minimum Gasteiger partial charge on any atom is -0.379 e. The topological polar surface area (TPSA) is 45.7 Å². The molecule has 0 unspecified atom stereocenters. The lowest BCUT2D eigenvalue weighted by Crippen LogP contribution is -2.43. The third-order valence-corrected chi connectivity index (χ3v) is 7.05. The molecule has 0 atom stereocenters. The Morgan fingerprint density at radius 2 is 2.00 bits per heavy atom. The van der Waals surface area contributed by atoms with E-state index in [-0.39, 0.29) is 5.91 Å². The number of aromatic nitrogens is 1. The number of benzene rings is 2. The van der Waals surface area contributed by atoms with E-state index in [2.05, 4.69) is 46.8 Å². The van der Waals surface area contributed by atoms with Crippen LogP contribution in [0.15, 0.2) is 40.9 Å². The fourth-order valence-electron chi connectivity index (χ4n) is 3.61. The SMILES string of the molecule is Cc1cc(C)c2sc(N(CCN3CCOCC3)C(=O)c3ccccc3Br)nc2c1. The zero-order valence-corrected chi connectivity index (χ0v) is 19.1. The van der Waals surface area contributed by atoms with Crippen molar-refractivity contribution in [2.45, 2.75) is 13.8 Å². The number of hydrogen-bond donors (Lipinski definition) is 0. The van der Waals surface area contributed by atoms with E-state index in [4.69, 9.17) is 9.72 Å². The Bertz CT molecular complexity index is 1030. The average Bonchev–Trinajstić information content (AvgIpc) is 3.13. The molecule has 7 heteroatoms. The van der Waals surface area contributed by atoms with Crippen LogP contribution in [0.3, 0.4) is 0 Å². The first kappa shape index (κ1) is 20.5. The molecule has 3 aromatic rings. The number of fused-ring (bicyclic) bond motifs is 1. The zero-order valence-electron chi connectivity index (χ0n) is 16.7. The van der Waals surface area contributed by atoms with Crippen LogP contribution in [0.1, 0.15) is 21.5 Å². The standard InChI is InChI=1S/C22H24BrN3O2S/c1-15-13-16(2)20-19(14-15)24-22(29-20)26(8-7-25-9-11-28-12-10-25)21(27)17-5-3-4-6-18(17)23/h3-6,13-14H,7-12H2,1-2H3. The molecule has 1 amide bonds. The number of thiazole rings is 1. The molecule has 0 bridgehead atoms. The maximum atomic E-state index is 13.5. The van der Waals surface area contributed by atoms with Crippen molar-refractivity contribution in [2.24, 2.45) is 0 Å². The predicted octanol–water partition coefficient (Wildman–Crippen LogP) is 4.65. The third kappa shape index (κ3) is 4.53. The van der Waals surface area contributed by atoms with Crippen LogP contribution in [0.5, 0.6) is 0 Å². The van der Waals surface area contributed by atoms with Gasteiger partial charge >= 0.3 is 0 Å². The van der Waals surface area contributed by atoms with E-state index in [1.807, 2.05) is 29.2 Å². The van der Waals surface area contributed by atoms with Gasteiger partial charge < -0.3 is 4.74 Å². The van der Waals surface area contributed by atoms with Crippen molar-refractivity contribution < 1.29 is 9.53 Å². The molecule has 1 aliphatic rings. The number of aryl methyl sites for hydroxylation is 2. The van der Waals surface area contributed by atoms with Crippen molar-refractivity contribution >= 4 is 48.5 Å². The van der Waals surface area contributed by atoms with Crippen LogP contribution >= 0.6 is 27.3 Å². The lowest BCUT2D eigenvalue weighted by molar-refractivity contribution is 0.0391. The second kappa shape index (κ2) is 8.92. The number of carbonyl (C=O) groups excluding carboxylic acids is 1. The van der Waals surface area contributed by atoms with Crippen LogP contribution < -0.4 is 4.90 Å². The summed E-state index contributed by atoms with van der Waals surface area (Å²) >= 11 is 5.12. The lowest BCUT2D eigenvalue weighted by atomic mass is 10.1. The van der Waals surface area contributed by atoms with Crippen molar-refractivity contribution in [3.8, 4) is 0 Å². The number of ether oxygens (including phenoxy) is 1. The minimum atomic E-state index is -0.0286. The fraction of sp³-hybridized carbons (Fsp3) is 0.364. The van der Waals surface area contributed by atoms with Crippen LogP contribution in [-0.2, 0) is 4.74 Å². The highest BCUT2D eigenvalue weighted by atomic mass is 79.9. The molecule has 0 spiro atoms. The summed E-state index contributed by atoms with van der Waals surface area (Å²) in [6.07, 6.45) is 0. The van der Waals surface area contributed by atoms with E-state index in [0.29, 0.717) is 12.1 Å². The van der Waals surface area contributed by atoms with Gasteiger partial charge in [0.1, 0.15) is 0 Å². The van der Waals surface area contributed by atoms with Gasteiger partial charge in [0.05, 0.1) is 29.0 Å².